The Hall–Kier alpha value is -1.62. The number of benzene rings is 1. The van der Waals surface area contributed by atoms with E-state index in [2.05, 4.69) is 12.2 Å². The third kappa shape index (κ3) is 5.26. The van der Waals surface area contributed by atoms with E-state index in [4.69, 9.17) is 10.5 Å². The van der Waals surface area contributed by atoms with Crippen LogP contribution in [0, 0.1) is 5.82 Å². The molecule has 106 valence electrons. The van der Waals surface area contributed by atoms with E-state index < -0.39 is 11.9 Å². The number of carbonyl (C=O) groups is 1. The molecule has 0 bridgehead atoms. The number of unbranched alkanes of at least 4 members (excludes halogenated alkanes) is 2. The van der Waals surface area contributed by atoms with Crippen molar-refractivity contribution in [2.45, 2.75) is 39.2 Å². The van der Waals surface area contributed by atoms with Gasteiger partial charge < -0.3 is 15.8 Å². The van der Waals surface area contributed by atoms with Crippen LogP contribution >= 0.6 is 0 Å². The minimum atomic E-state index is -0.539. The van der Waals surface area contributed by atoms with Gasteiger partial charge in [0.2, 0.25) is 0 Å². The number of halogens is 1. The lowest BCUT2D eigenvalue weighted by atomic mass is 10.2. The summed E-state index contributed by atoms with van der Waals surface area (Å²) in [6.45, 7) is 4.36. The molecule has 0 aliphatic rings. The number of hydrogen-bond acceptors (Lipinski definition) is 3. The molecule has 1 aromatic rings. The predicted octanol–water partition coefficient (Wildman–Crippen LogP) is 2.94. The molecule has 1 unspecified atom stereocenters. The Morgan fingerprint density at radius 1 is 1.47 bits per heavy atom. The van der Waals surface area contributed by atoms with Crippen molar-refractivity contribution in [3.05, 3.63) is 24.0 Å². The van der Waals surface area contributed by atoms with Crippen LogP contribution < -0.4 is 11.1 Å². The van der Waals surface area contributed by atoms with Crippen LogP contribution in [0.4, 0.5) is 15.8 Å². The number of nitrogens with one attached hydrogen (secondary N) is 1. The van der Waals surface area contributed by atoms with E-state index in [1.54, 1.807) is 6.92 Å². The van der Waals surface area contributed by atoms with Gasteiger partial charge in [0.1, 0.15) is 11.9 Å². The molecule has 0 aliphatic heterocycles. The Morgan fingerprint density at radius 3 is 2.84 bits per heavy atom. The van der Waals surface area contributed by atoms with Crippen molar-refractivity contribution in [1.29, 1.82) is 0 Å². The van der Waals surface area contributed by atoms with Gasteiger partial charge in [0, 0.05) is 12.3 Å². The van der Waals surface area contributed by atoms with Crippen molar-refractivity contribution in [2.24, 2.45) is 0 Å². The first-order valence-electron chi connectivity index (χ1n) is 6.52. The van der Waals surface area contributed by atoms with Crippen molar-refractivity contribution < 1.29 is 13.9 Å². The number of nitrogen functional groups attached to an aromatic ring is 1. The van der Waals surface area contributed by atoms with Gasteiger partial charge in [0.15, 0.2) is 0 Å². The SMILES string of the molecule is CCCCCOC(C)C(=O)Nc1ccc(F)c(N)c1. The number of amides is 1. The lowest BCUT2D eigenvalue weighted by Crippen LogP contribution is -2.28. The average Bonchev–Trinajstić information content (AvgIpc) is 2.38. The number of carbonyl (C=O) groups excluding carboxylic acids is 1. The van der Waals surface area contributed by atoms with Gasteiger partial charge in [-0.25, -0.2) is 4.39 Å². The van der Waals surface area contributed by atoms with Crippen LogP contribution in [0.5, 0.6) is 0 Å². The van der Waals surface area contributed by atoms with Crippen molar-refractivity contribution >= 4 is 17.3 Å². The zero-order chi connectivity index (χ0) is 14.3. The van der Waals surface area contributed by atoms with Gasteiger partial charge in [-0.15, -0.1) is 0 Å². The Bertz CT molecular complexity index is 424. The highest BCUT2D eigenvalue weighted by atomic mass is 19.1. The second kappa shape index (κ2) is 7.74. The number of nitrogens with two attached hydrogens (primary N) is 1. The Morgan fingerprint density at radius 2 is 2.21 bits per heavy atom. The molecule has 0 saturated heterocycles. The average molecular weight is 268 g/mol. The molecule has 1 rings (SSSR count). The number of hydrogen-bond donors (Lipinski definition) is 2. The molecule has 0 fully saturated rings. The molecule has 1 atom stereocenters. The van der Waals surface area contributed by atoms with Crippen molar-refractivity contribution in [3.8, 4) is 0 Å². The molecule has 0 heterocycles. The van der Waals surface area contributed by atoms with Gasteiger partial charge in [0.25, 0.3) is 5.91 Å². The maximum Gasteiger partial charge on any atom is 0.253 e. The molecular formula is C14H21FN2O2. The van der Waals surface area contributed by atoms with E-state index in [1.165, 1.54) is 18.2 Å². The van der Waals surface area contributed by atoms with Crippen LogP contribution in [-0.4, -0.2) is 18.6 Å². The fourth-order valence-electron chi connectivity index (χ4n) is 1.55. The molecule has 19 heavy (non-hydrogen) atoms. The van der Waals surface area contributed by atoms with Crippen LogP contribution in [0.2, 0.25) is 0 Å². The second-order valence-corrected chi connectivity index (χ2v) is 4.45. The Kier molecular flexibility index (Phi) is 6.29. The molecule has 5 heteroatoms. The molecule has 0 saturated carbocycles. The van der Waals surface area contributed by atoms with Gasteiger partial charge in [0.05, 0.1) is 5.69 Å². The number of anilines is 2. The van der Waals surface area contributed by atoms with E-state index in [1.807, 2.05) is 0 Å². The molecule has 0 aromatic heterocycles. The summed E-state index contributed by atoms with van der Waals surface area (Å²) >= 11 is 0. The summed E-state index contributed by atoms with van der Waals surface area (Å²) in [5.41, 5.74) is 5.90. The largest absolute Gasteiger partial charge is 0.396 e. The summed E-state index contributed by atoms with van der Waals surface area (Å²) in [5.74, 6) is -0.760. The van der Waals surface area contributed by atoms with Gasteiger partial charge in [-0.1, -0.05) is 19.8 Å². The molecular weight excluding hydrogens is 247 g/mol. The smallest absolute Gasteiger partial charge is 0.253 e. The predicted molar refractivity (Wildman–Crippen MR) is 74.4 cm³/mol. The highest BCUT2D eigenvalue weighted by molar-refractivity contribution is 5.94. The third-order valence-electron chi connectivity index (χ3n) is 2.75. The first-order chi connectivity index (χ1) is 9.04. The minimum Gasteiger partial charge on any atom is -0.396 e. The first-order valence-corrected chi connectivity index (χ1v) is 6.52. The maximum atomic E-state index is 13.0. The summed E-state index contributed by atoms with van der Waals surface area (Å²) in [4.78, 5) is 11.8. The molecule has 1 amide bonds. The molecule has 4 nitrogen and oxygen atoms in total. The highest BCUT2D eigenvalue weighted by Gasteiger charge is 2.13. The van der Waals surface area contributed by atoms with E-state index in [-0.39, 0.29) is 11.6 Å². The topological polar surface area (TPSA) is 64.3 Å². The van der Waals surface area contributed by atoms with Gasteiger partial charge >= 0.3 is 0 Å². The van der Waals surface area contributed by atoms with Crippen LogP contribution in [0.1, 0.15) is 33.1 Å². The maximum absolute atomic E-state index is 13.0. The fraction of sp³-hybridized carbons (Fsp3) is 0.500. The fourth-order valence-corrected chi connectivity index (χ4v) is 1.55. The monoisotopic (exact) mass is 268 g/mol. The van der Waals surface area contributed by atoms with Crippen LogP contribution in [0.15, 0.2) is 18.2 Å². The zero-order valence-corrected chi connectivity index (χ0v) is 11.4. The lowest BCUT2D eigenvalue weighted by molar-refractivity contribution is -0.126. The lowest BCUT2D eigenvalue weighted by Gasteiger charge is -2.13. The van der Waals surface area contributed by atoms with E-state index in [0.29, 0.717) is 12.3 Å². The van der Waals surface area contributed by atoms with Crippen molar-refractivity contribution in [2.75, 3.05) is 17.7 Å². The van der Waals surface area contributed by atoms with E-state index in [0.717, 1.165) is 19.3 Å². The van der Waals surface area contributed by atoms with Crippen LogP contribution in [0.25, 0.3) is 0 Å². The Labute approximate surface area is 113 Å². The van der Waals surface area contributed by atoms with E-state index in [9.17, 15) is 9.18 Å². The minimum absolute atomic E-state index is 0.00863. The third-order valence-corrected chi connectivity index (χ3v) is 2.75. The van der Waals surface area contributed by atoms with Crippen molar-refractivity contribution in [1.82, 2.24) is 0 Å². The normalized spacial score (nSPS) is 12.2. The number of rotatable bonds is 7. The summed E-state index contributed by atoms with van der Waals surface area (Å²) in [6, 6.07) is 4.07. The summed E-state index contributed by atoms with van der Waals surface area (Å²) < 4.78 is 18.4. The summed E-state index contributed by atoms with van der Waals surface area (Å²) in [6.07, 6.45) is 2.60. The quantitative estimate of drug-likeness (QED) is 0.590. The number of ether oxygens (including phenoxy) is 1. The summed E-state index contributed by atoms with van der Waals surface area (Å²) in [5, 5.41) is 2.64. The van der Waals surface area contributed by atoms with Crippen LogP contribution in [-0.2, 0) is 9.53 Å². The molecule has 0 aliphatic carbocycles. The molecule has 3 N–H and O–H groups in total. The second-order valence-electron chi connectivity index (χ2n) is 4.45. The first kappa shape index (κ1) is 15.4. The standard InChI is InChI=1S/C14H21FN2O2/c1-3-4-5-8-19-10(2)14(18)17-11-6-7-12(15)13(16)9-11/h6-7,9-10H,3-5,8,16H2,1-2H3,(H,17,18). The Balaban J connectivity index is 2.42. The highest BCUT2D eigenvalue weighted by Crippen LogP contribution is 2.16. The van der Waals surface area contributed by atoms with Gasteiger partial charge in [-0.2, -0.15) is 0 Å². The van der Waals surface area contributed by atoms with Gasteiger partial charge in [-0.3, -0.25) is 4.79 Å². The van der Waals surface area contributed by atoms with Crippen molar-refractivity contribution in [3.63, 3.8) is 0 Å². The molecule has 0 spiro atoms. The molecule has 0 radical (unpaired) electrons. The summed E-state index contributed by atoms with van der Waals surface area (Å²) in [7, 11) is 0. The van der Waals surface area contributed by atoms with Gasteiger partial charge in [-0.05, 0) is 31.5 Å². The van der Waals surface area contributed by atoms with E-state index >= 15 is 0 Å². The molecule has 1 aromatic carbocycles. The van der Waals surface area contributed by atoms with Crippen LogP contribution in [0.3, 0.4) is 0 Å². The zero-order valence-electron chi connectivity index (χ0n) is 11.4.